The first-order valence-electron chi connectivity index (χ1n) is 6.55. The number of carbonyl (C=O) groups is 1. The predicted molar refractivity (Wildman–Crippen MR) is 64.3 cm³/mol. The number of carbonyl (C=O) groups excluding carboxylic acids is 1. The Morgan fingerprint density at radius 2 is 1.18 bits per heavy atom. The third-order valence-corrected chi connectivity index (χ3v) is 3.36. The molecule has 0 rings (SSSR count). The fraction of sp³-hybridized carbons (Fsp3) is 0.750. The van der Waals surface area contributed by atoms with Gasteiger partial charge in [-0.3, -0.25) is 0 Å². The molecule has 0 saturated carbocycles. The van der Waals surface area contributed by atoms with Gasteiger partial charge in [0.2, 0.25) is 0 Å². The molecule has 0 amide bonds. The minimum Gasteiger partial charge on any atom is -0.443 e. The summed E-state index contributed by atoms with van der Waals surface area (Å²) in [7, 11) is -0.176. The number of rotatable bonds is 8. The number of ether oxygens (including phenoxy) is 1. The number of hydrogen-bond acceptors (Lipinski definition) is 3. The van der Waals surface area contributed by atoms with E-state index in [0.717, 1.165) is 0 Å². The van der Waals surface area contributed by atoms with Crippen molar-refractivity contribution in [3.63, 3.8) is 0 Å². The van der Waals surface area contributed by atoms with Crippen molar-refractivity contribution in [1.29, 1.82) is 0 Å². The maximum Gasteiger partial charge on any atom is 0.460 e. The Bertz CT molecular complexity index is 599. The standard InChI is InChI=1S/C12H10F13NO2/c1-4-6(27)28-5(2)26(3)12(24,25)10(19,20)8(15,16)7(13,14)9(17,18)11(21,22)23/h4-5H,1H2,2-3H3. The number of halogens is 13. The van der Waals surface area contributed by atoms with Gasteiger partial charge in [-0.2, -0.15) is 57.1 Å². The molecule has 0 aromatic heterocycles. The Hall–Kier alpha value is -1.74. The smallest absolute Gasteiger partial charge is 0.443 e. The highest BCUT2D eigenvalue weighted by Gasteiger charge is 2.91. The molecule has 0 aromatic rings. The maximum absolute atomic E-state index is 13.7. The molecule has 3 nitrogen and oxygen atoms in total. The second-order valence-electron chi connectivity index (χ2n) is 5.19. The highest BCUT2D eigenvalue weighted by atomic mass is 19.4. The van der Waals surface area contributed by atoms with Crippen molar-refractivity contribution in [2.45, 2.75) is 49.1 Å². The van der Waals surface area contributed by atoms with Crippen LogP contribution in [0, 0.1) is 0 Å². The van der Waals surface area contributed by atoms with Crippen LogP contribution in [-0.2, 0) is 9.53 Å². The van der Waals surface area contributed by atoms with Crippen LogP contribution < -0.4 is 0 Å². The Morgan fingerprint density at radius 3 is 1.50 bits per heavy atom. The van der Waals surface area contributed by atoms with Crippen molar-refractivity contribution in [3.05, 3.63) is 12.7 Å². The third-order valence-electron chi connectivity index (χ3n) is 3.36. The van der Waals surface area contributed by atoms with Gasteiger partial charge in [0.1, 0.15) is 0 Å². The van der Waals surface area contributed by atoms with E-state index in [1.54, 1.807) is 0 Å². The van der Waals surface area contributed by atoms with Gasteiger partial charge in [0, 0.05) is 6.08 Å². The highest BCUT2D eigenvalue weighted by Crippen LogP contribution is 2.60. The van der Waals surface area contributed by atoms with Crippen molar-refractivity contribution in [2.24, 2.45) is 0 Å². The van der Waals surface area contributed by atoms with Gasteiger partial charge in [-0.1, -0.05) is 6.58 Å². The van der Waals surface area contributed by atoms with Gasteiger partial charge < -0.3 is 4.74 Å². The molecule has 0 N–H and O–H groups in total. The molecule has 0 aromatic carbocycles. The molecule has 0 aliphatic heterocycles. The van der Waals surface area contributed by atoms with Gasteiger partial charge in [-0.05, 0) is 14.0 Å². The molecule has 166 valence electrons. The number of esters is 1. The summed E-state index contributed by atoms with van der Waals surface area (Å²) in [6, 6.07) is -6.50. The van der Waals surface area contributed by atoms with Crippen molar-refractivity contribution >= 4 is 5.97 Å². The number of hydrogen-bond donors (Lipinski definition) is 0. The minimum absolute atomic E-state index is 0.176. The average molecular weight is 447 g/mol. The Balaban J connectivity index is 6.24. The normalized spacial score (nSPS) is 16.1. The zero-order valence-corrected chi connectivity index (χ0v) is 13.5. The molecule has 1 unspecified atom stereocenters. The summed E-state index contributed by atoms with van der Waals surface area (Å²) in [5.74, 6) is -32.8. The van der Waals surface area contributed by atoms with E-state index in [-0.39, 0.29) is 7.05 Å². The molecule has 0 radical (unpaired) electrons. The summed E-state index contributed by atoms with van der Waals surface area (Å²) in [4.78, 5) is 9.56. The molecule has 16 heteroatoms. The molecular formula is C12H10F13NO2. The number of alkyl halides is 13. The highest BCUT2D eigenvalue weighted by molar-refractivity contribution is 5.81. The maximum atomic E-state index is 13.7. The first kappa shape index (κ1) is 26.3. The van der Waals surface area contributed by atoms with Gasteiger partial charge in [-0.25, -0.2) is 9.69 Å². The van der Waals surface area contributed by atoms with E-state index in [0.29, 0.717) is 13.0 Å². The molecule has 1 atom stereocenters. The molecule has 0 bridgehead atoms. The molecule has 0 saturated heterocycles. The van der Waals surface area contributed by atoms with Crippen LogP contribution in [0.5, 0.6) is 0 Å². The molecular weight excluding hydrogens is 437 g/mol. The van der Waals surface area contributed by atoms with Gasteiger partial charge in [0.05, 0.1) is 0 Å². The van der Waals surface area contributed by atoms with E-state index in [9.17, 15) is 61.9 Å². The van der Waals surface area contributed by atoms with E-state index >= 15 is 0 Å². The van der Waals surface area contributed by atoms with Crippen LogP contribution in [-0.4, -0.2) is 60.1 Å². The van der Waals surface area contributed by atoms with Crippen LogP contribution >= 0.6 is 0 Å². The Kier molecular flexibility index (Phi) is 6.81. The van der Waals surface area contributed by atoms with Gasteiger partial charge in [-0.15, -0.1) is 0 Å². The van der Waals surface area contributed by atoms with Gasteiger partial charge >= 0.3 is 41.9 Å². The largest absolute Gasteiger partial charge is 0.460 e. The topological polar surface area (TPSA) is 29.5 Å². The lowest BCUT2D eigenvalue weighted by Crippen LogP contribution is -2.72. The Morgan fingerprint density at radius 1 is 0.821 bits per heavy atom. The molecule has 0 fully saturated rings. The van der Waals surface area contributed by atoms with Crippen LogP contribution in [0.25, 0.3) is 0 Å². The second kappa shape index (κ2) is 7.26. The monoisotopic (exact) mass is 447 g/mol. The summed E-state index contributed by atoms with van der Waals surface area (Å²) in [5, 5.41) is 0. The molecule has 0 spiro atoms. The van der Waals surface area contributed by atoms with Crippen molar-refractivity contribution in [2.75, 3.05) is 7.05 Å². The Labute approximate surface area is 147 Å². The van der Waals surface area contributed by atoms with Crippen LogP contribution in [0.1, 0.15) is 6.92 Å². The zero-order valence-electron chi connectivity index (χ0n) is 13.5. The van der Waals surface area contributed by atoms with E-state index in [4.69, 9.17) is 0 Å². The number of nitrogens with zero attached hydrogens (tertiary/aromatic N) is 1. The quantitative estimate of drug-likeness (QED) is 0.178. The average Bonchev–Trinajstić information content (AvgIpc) is 2.51. The SMILES string of the molecule is C=CC(=O)OC(C)N(C)C(F)(F)C(F)(F)C(F)(F)C(F)(F)C(F)(F)C(F)(F)F. The second-order valence-corrected chi connectivity index (χ2v) is 5.19. The molecule has 0 aliphatic rings. The van der Waals surface area contributed by atoms with Crippen molar-refractivity contribution < 1.29 is 66.6 Å². The lowest BCUT2D eigenvalue weighted by atomic mass is 9.96. The van der Waals surface area contributed by atoms with E-state index in [2.05, 4.69) is 11.3 Å². The lowest BCUT2D eigenvalue weighted by molar-refractivity contribution is -0.453. The van der Waals surface area contributed by atoms with E-state index in [1.165, 1.54) is 0 Å². The summed E-state index contributed by atoms with van der Waals surface area (Å²) in [6.07, 6.45) is -9.74. The fourth-order valence-electron chi connectivity index (χ4n) is 1.51. The first-order chi connectivity index (χ1) is 12.0. The predicted octanol–water partition coefficient (Wildman–Crippen LogP) is 4.69. The van der Waals surface area contributed by atoms with Crippen molar-refractivity contribution in [1.82, 2.24) is 4.90 Å². The summed E-state index contributed by atoms with van der Waals surface area (Å²) in [6.45, 7) is 3.12. The fourth-order valence-corrected chi connectivity index (χ4v) is 1.51. The molecule has 0 aliphatic carbocycles. The van der Waals surface area contributed by atoms with E-state index < -0.39 is 53.0 Å². The molecule has 0 heterocycles. The lowest BCUT2D eigenvalue weighted by Gasteiger charge is -2.42. The molecule has 28 heavy (non-hydrogen) atoms. The minimum atomic E-state index is -7.99. The zero-order chi connectivity index (χ0) is 23.1. The third kappa shape index (κ3) is 3.74. The summed E-state index contributed by atoms with van der Waals surface area (Å²) < 4.78 is 173. The van der Waals surface area contributed by atoms with Crippen LogP contribution in [0.3, 0.4) is 0 Å². The van der Waals surface area contributed by atoms with E-state index in [1.807, 2.05) is 0 Å². The van der Waals surface area contributed by atoms with Crippen molar-refractivity contribution in [3.8, 4) is 0 Å². The summed E-state index contributed by atoms with van der Waals surface area (Å²) in [5.41, 5.74) is 0. The van der Waals surface area contributed by atoms with Crippen LogP contribution in [0.2, 0.25) is 0 Å². The summed E-state index contributed by atoms with van der Waals surface area (Å²) >= 11 is 0. The van der Waals surface area contributed by atoms with Crippen LogP contribution in [0.4, 0.5) is 57.1 Å². The van der Waals surface area contributed by atoms with Crippen LogP contribution in [0.15, 0.2) is 12.7 Å². The van der Waals surface area contributed by atoms with Gasteiger partial charge in [0.15, 0.2) is 6.23 Å². The first-order valence-corrected chi connectivity index (χ1v) is 6.55. The van der Waals surface area contributed by atoms with Gasteiger partial charge in [0.25, 0.3) is 0 Å².